The van der Waals surface area contributed by atoms with Crippen molar-refractivity contribution in [1.29, 1.82) is 0 Å². The summed E-state index contributed by atoms with van der Waals surface area (Å²) in [5.74, 6) is 1.04. The summed E-state index contributed by atoms with van der Waals surface area (Å²) in [7, 11) is 0. The monoisotopic (exact) mass is 412 g/mol. The predicted octanol–water partition coefficient (Wildman–Crippen LogP) is 4.56. The Morgan fingerprint density at radius 3 is 2.48 bits per heavy atom. The zero-order valence-corrected chi connectivity index (χ0v) is 18.5. The van der Waals surface area contributed by atoms with Crippen molar-refractivity contribution in [2.45, 2.75) is 52.0 Å². The van der Waals surface area contributed by atoms with Gasteiger partial charge in [-0.25, -0.2) is 0 Å². The van der Waals surface area contributed by atoms with Gasteiger partial charge in [-0.1, -0.05) is 73.5 Å². The Labute approximate surface area is 179 Å². The number of amides is 2. The van der Waals surface area contributed by atoms with Gasteiger partial charge in [-0.3, -0.25) is 9.59 Å². The minimum atomic E-state index is -0.501. The van der Waals surface area contributed by atoms with Crippen LogP contribution >= 0.6 is 11.8 Å². The van der Waals surface area contributed by atoms with Gasteiger partial charge in [0.25, 0.3) is 0 Å². The fourth-order valence-corrected chi connectivity index (χ4v) is 3.90. The lowest BCUT2D eigenvalue weighted by molar-refractivity contribution is -0.138. The number of unbranched alkanes of at least 4 members (excludes halogenated alkanes) is 1. The lowest BCUT2D eigenvalue weighted by Crippen LogP contribution is -2.48. The van der Waals surface area contributed by atoms with E-state index in [1.54, 1.807) is 16.7 Å². The summed E-state index contributed by atoms with van der Waals surface area (Å²) in [5, 5.41) is 2.95. The SMILES string of the molecule is CCCCNC(=O)C(C)N(Cc1ccccc1)C(=O)CSCc1cccc(C)c1. The second kappa shape index (κ2) is 12.3. The Balaban J connectivity index is 2.00. The van der Waals surface area contributed by atoms with Crippen LogP contribution in [0.25, 0.3) is 0 Å². The molecule has 0 heterocycles. The van der Waals surface area contributed by atoms with Crippen LogP contribution in [0, 0.1) is 6.92 Å². The predicted molar refractivity (Wildman–Crippen MR) is 122 cm³/mol. The third-order valence-electron chi connectivity index (χ3n) is 4.77. The van der Waals surface area contributed by atoms with Crippen molar-refractivity contribution in [2.24, 2.45) is 0 Å². The van der Waals surface area contributed by atoms with E-state index < -0.39 is 6.04 Å². The van der Waals surface area contributed by atoms with Crippen molar-refractivity contribution < 1.29 is 9.59 Å². The molecular formula is C24H32N2O2S. The molecule has 5 heteroatoms. The molecule has 1 unspecified atom stereocenters. The van der Waals surface area contributed by atoms with Crippen molar-refractivity contribution in [3.8, 4) is 0 Å². The van der Waals surface area contributed by atoms with Gasteiger partial charge in [0.05, 0.1) is 5.75 Å². The van der Waals surface area contributed by atoms with Crippen LogP contribution in [-0.4, -0.2) is 35.1 Å². The lowest BCUT2D eigenvalue weighted by Gasteiger charge is -2.28. The third kappa shape index (κ3) is 7.94. The second-order valence-electron chi connectivity index (χ2n) is 7.31. The molecule has 0 aromatic heterocycles. The van der Waals surface area contributed by atoms with Gasteiger partial charge in [0.1, 0.15) is 6.04 Å². The first kappa shape index (κ1) is 23.0. The molecule has 29 heavy (non-hydrogen) atoms. The number of nitrogens with one attached hydrogen (secondary N) is 1. The highest BCUT2D eigenvalue weighted by molar-refractivity contribution is 7.99. The number of thioether (sulfide) groups is 1. The molecule has 4 nitrogen and oxygen atoms in total. The van der Waals surface area contributed by atoms with Crippen molar-refractivity contribution in [1.82, 2.24) is 10.2 Å². The van der Waals surface area contributed by atoms with E-state index >= 15 is 0 Å². The maximum Gasteiger partial charge on any atom is 0.242 e. The molecule has 0 aliphatic carbocycles. The van der Waals surface area contributed by atoms with E-state index in [4.69, 9.17) is 0 Å². The molecule has 0 saturated carbocycles. The third-order valence-corrected chi connectivity index (χ3v) is 5.76. The fourth-order valence-electron chi connectivity index (χ4n) is 3.04. The molecular weight excluding hydrogens is 380 g/mol. The molecule has 2 amide bonds. The highest BCUT2D eigenvalue weighted by atomic mass is 32.2. The van der Waals surface area contributed by atoms with Gasteiger partial charge >= 0.3 is 0 Å². The standard InChI is InChI=1S/C24H32N2O2S/c1-4-5-14-25-24(28)20(3)26(16-21-11-7-6-8-12-21)23(27)18-29-17-22-13-9-10-19(2)15-22/h6-13,15,20H,4-5,14,16-18H2,1-3H3,(H,25,28). The first-order valence-corrected chi connectivity index (χ1v) is 11.4. The summed E-state index contributed by atoms with van der Waals surface area (Å²) in [6.07, 6.45) is 1.97. The van der Waals surface area contributed by atoms with E-state index in [2.05, 4.69) is 37.4 Å². The summed E-state index contributed by atoms with van der Waals surface area (Å²) in [6, 6.07) is 17.7. The number of carbonyl (C=O) groups excluding carboxylic acids is 2. The Morgan fingerprint density at radius 2 is 1.79 bits per heavy atom. The first-order valence-electron chi connectivity index (χ1n) is 10.3. The number of carbonyl (C=O) groups is 2. The van der Waals surface area contributed by atoms with Gasteiger partial charge in [0.2, 0.25) is 11.8 Å². The molecule has 2 aromatic carbocycles. The number of aryl methyl sites for hydroxylation is 1. The summed E-state index contributed by atoms with van der Waals surface area (Å²) >= 11 is 1.59. The minimum absolute atomic E-state index is 0.00959. The van der Waals surface area contributed by atoms with Gasteiger partial charge in [0, 0.05) is 18.8 Å². The molecule has 0 saturated heterocycles. The Hall–Kier alpha value is -2.27. The number of benzene rings is 2. The van der Waals surface area contributed by atoms with Gasteiger partial charge in [0.15, 0.2) is 0 Å². The molecule has 0 spiro atoms. The van der Waals surface area contributed by atoms with E-state index in [-0.39, 0.29) is 11.8 Å². The summed E-state index contributed by atoms with van der Waals surface area (Å²) in [6.45, 7) is 7.06. The number of hydrogen-bond donors (Lipinski definition) is 1. The molecule has 1 N–H and O–H groups in total. The van der Waals surface area contributed by atoms with Crippen LogP contribution < -0.4 is 5.32 Å². The van der Waals surface area contributed by atoms with Crippen LogP contribution in [0.3, 0.4) is 0 Å². The molecule has 1 atom stereocenters. The smallest absolute Gasteiger partial charge is 0.242 e. The van der Waals surface area contributed by atoms with E-state index in [0.29, 0.717) is 18.8 Å². The topological polar surface area (TPSA) is 49.4 Å². The Kier molecular flexibility index (Phi) is 9.78. The summed E-state index contributed by atoms with van der Waals surface area (Å²) in [5.41, 5.74) is 3.46. The zero-order valence-electron chi connectivity index (χ0n) is 17.7. The molecule has 0 aliphatic rings. The van der Waals surface area contributed by atoms with Crippen LogP contribution in [0.15, 0.2) is 54.6 Å². The number of rotatable bonds is 11. The normalized spacial score (nSPS) is 11.7. The molecule has 156 valence electrons. The van der Waals surface area contributed by atoms with Gasteiger partial charge in [-0.15, -0.1) is 11.8 Å². The van der Waals surface area contributed by atoms with Gasteiger partial charge < -0.3 is 10.2 Å². The molecule has 0 aliphatic heterocycles. The molecule has 0 radical (unpaired) electrons. The zero-order chi connectivity index (χ0) is 21.1. The second-order valence-corrected chi connectivity index (χ2v) is 8.30. The van der Waals surface area contributed by atoms with Crippen molar-refractivity contribution >= 4 is 23.6 Å². The van der Waals surface area contributed by atoms with E-state index in [9.17, 15) is 9.59 Å². The Morgan fingerprint density at radius 1 is 1.07 bits per heavy atom. The quantitative estimate of drug-likeness (QED) is 0.550. The molecule has 2 aromatic rings. The summed E-state index contributed by atoms with van der Waals surface area (Å²) < 4.78 is 0. The van der Waals surface area contributed by atoms with Crippen molar-refractivity contribution in [3.63, 3.8) is 0 Å². The highest BCUT2D eigenvalue weighted by Crippen LogP contribution is 2.16. The van der Waals surface area contributed by atoms with Crippen molar-refractivity contribution in [3.05, 3.63) is 71.3 Å². The highest BCUT2D eigenvalue weighted by Gasteiger charge is 2.25. The van der Waals surface area contributed by atoms with E-state index in [1.165, 1.54) is 11.1 Å². The van der Waals surface area contributed by atoms with Crippen LogP contribution in [0.4, 0.5) is 0 Å². The van der Waals surface area contributed by atoms with Crippen molar-refractivity contribution in [2.75, 3.05) is 12.3 Å². The van der Waals surface area contributed by atoms with Crippen LogP contribution in [0.2, 0.25) is 0 Å². The van der Waals surface area contributed by atoms with Gasteiger partial charge in [-0.05, 0) is 31.4 Å². The van der Waals surface area contributed by atoms with E-state index in [0.717, 1.165) is 24.2 Å². The maximum absolute atomic E-state index is 13.0. The Bertz CT molecular complexity index is 779. The molecule has 2 rings (SSSR count). The molecule has 0 bridgehead atoms. The average Bonchev–Trinajstić information content (AvgIpc) is 2.72. The number of hydrogen-bond acceptors (Lipinski definition) is 3. The average molecular weight is 413 g/mol. The lowest BCUT2D eigenvalue weighted by atomic mass is 10.1. The molecule has 0 fully saturated rings. The largest absolute Gasteiger partial charge is 0.354 e. The van der Waals surface area contributed by atoms with Crippen LogP contribution in [0.5, 0.6) is 0 Å². The maximum atomic E-state index is 13.0. The minimum Gasteiger partial charge on any atom is -0.354 e. The first-order chi connectivity index (χ1) is 14.0. The van der Waals surface area contributed by atoms with E-state index in [1.807, 2.05) is 43.3 Å². The van der Waals surface area contributed by atoms with Crippen LogP contribution in [0.1, 0.15) is 43.4 Å². The van der Waals surface area contributed by atoms with Gasteiger partial charge in [-0.2, -0.15) is 0 Å². The van der Waals surface area contributed by atoms with Crippen LogP contribution in [-0.2, 0) is 21.9 Å². The summed E-state index contributed by atoms with van der Waals surface area (Å²) in [4.78, 5) is 27.3. The fraction of sp³-hybridized carbons (Fsp3) is 0.417. The number of nitrogens with zero attached hydrogens (tertiary/aromatic N) is 1.